The first kappa shape index (κ1) is 19.0. The molecule has 154 valence electrons. The zero-order chi connectivity index (χ0) is 20.8. The van der Waals surface area contributed by atoms with Crippen LogP contribution in [0.2, 0.25) is 0 Å². The summed E-state index contributed by atoms with van der Waals surface area (Å²) in [6.07, 6.45) is 3.08. The zero-order valence-corrected chi connectivity index (χ0v) is 16.6. The van der Waals surface area contributed by atoms with Crippen molar-refractivity contribution in [3.05, 3.63) is 76.2 Å². The van der Waals surface area contributed by atoms with Crippen molar-refractivity contribution in [2.24, 2.45) is 0 Å². The summed E-state index contributed by atoms with van der Waals surface area (Å²) in [6.45, 7) is 0.374. The number of aliphatic hydroxyl groups is 1. The molecule has 2 N–H and O–H groups in total. The van der Waals surface area contributed by atoms with E-state index in [9.17, 15) is 19.8 Å². The van der Waals surface area contributed by atoms with Gasteiger partial charge in [0.2, 0.25) is 0 Å². The third-order valence-electron chi connectivity index (χ3n) is 6.61. The highest BCUT2D eigenvalue weighted by Gasteiger charge is 2.41. The second-order valence-corrected chi connectivity index (χ2v) is 8.33. The molecule has 30 heavy (non-hydrogen) atoms. The average molecular weight is 404 g/mol. The van der Waals surface area contributed by atoms with Gasteiger partial charge in [-0.3, -0.25) is 14.3 Å². The van der Waals surface area contributed by atoms with Crippen LogP contribution in [0.15, 0.2) is 59.4 Å². The van der Waals surface area contributed by atoms with Crippen LogP contribution in [0.25, 0.3) is 16.5 Å². The molecule has 3 aromatic rings. The molecule has 2 aromatic carbocycles. The van der Waals surface area contributed by atoms with E-state index in [0.717, 1.165) is 12.8 Å². The van der Waals surface area contributed by atoms with Gasteiger partial charge in [0.1, 0.15) is 0 Å². The summed E-state index contributed by atoms with van der Waals surface area (Å²) in [5.74, 6) is -1.03. The molecule has 6 nitrogen and oxygen atoms in total. The van der Waals surface area contributed by atoms with Gasteiger partial charge >= 0.3 is 5.97 Å². The van der Waals surface area contributed by atoms with Crippen molar-refractivity contribution in [3.8, 4) is 5.69 Å². The van der Waals surface area contributed by atoms with Gasteiger partial charge in [-0.15, -0.1) is 0 Å². The molecule has 6 heteroatoms. The maximum absolute atomic E-state index is 13.5. The van der Waals surface area contributed by atoms with Crippen molar-refractivity contribution in [2.45, 2.75) is 50.4 Å². The quantitative estimate of drug-likeness (QED) is 0.698. The van der Waals surface area contributed by atoms with E-state index in [1.165, 1.54) is 0 Å². The first-order valence-corrected chi connectivity index (χ1v) is 10.4. The van der Waals surface area contributed by atoms with E-state index >= 15 is 0 Å². The molecule has 0 spiro atoms. The summed E-state index contributed by atoms with van der Waals surface area (Å²) in [5.41, 5.74) is 1.14. The molecule has 3 heterocycles. The number of aliphatic hydroxyl groups excluding tert-OH is 1. The summed E-state index contributed by atoms with van der Waals surface area (Å²) in [6, 6.07) is 16.6. The minimum absolute atomic E-state index is 0.180. The van der Waals surface area contributed by atoms with Crippen molar-refractivity contribution in [1.82, 2.24) is 9.47 Å². The molecule has 2 fully saturated rings. The number of piperidine rings is 1. The lowest BCUT2D eigenvalue weighted by Crippen LogP contribution is -2.45. The van der Waals surface area contributed by atoms with Crippen LogP contribution >= 0.6 is 0 Å². The third kappa shape index (κ3) is 3.04. The van der Waals surface area contributed by atoms with Crippen molar-refractivity contribution >= 4 is 16.7 Å². The number of rotatable bonds is 4. The van der Waals surface area contributed by atoms with Crippen LogP contribution in [0.5, 0.6) is 0 Å². The fourth-order valence-corrected chi connectivity index (χ4v) is 5.31. The molecule has 0 aliphatic carbocycles. The molecule has 2 aliphatic rings. The van der Waals surface area contributed by atoms with E-state index in [-0.39, 0.29) is 29.3 Å². The number of nitrogens with zero attached hydrogens (tertiary/aromatic N) is 2. The Labute approximate surface area is 174 Å². The number of pyridine rings is 1. The Balaban J connectivity index is 1.76. The number of carbonyl (C=O) groups is 1. The van der Waals surface area contributed by atoms with E-state index in [1.54, 1.807) is 28.8 Å². The molecular formula is C24H24N2O4. The highest BCUT2D eigenvalue weighted by Crippen LogP contribution is 2.37. The normalized spacial score (nSPS) is 23.7. The van der Waals surface area contributed by atoms with Gasteiger partial charge in [0, 0.05) is 35.1 Å². The van der Waals surface area contributed by atoms with Gasteiger partial charge in [0.15, 0.2) is 0 Å². The summed E-state index contributed by atoms with van der Waals surface area (Å²) in [4.78, 5) is 28.2. The second-order valence-electron chi connectivity index (χ2n) is 8.33. The number of fused-ring (bicyclic) bond motifs is 3. The number of carboxylic acid groups (broad SMARTS) is 1. The van der Waals surface area contributed by atoms with E-state index in [0.29, 0.717) is 41.5 Å². The summed E-state index contributed by atoms with van der Waals surface area (Å²) in [7, 11) is 0. The highest BCUT2D eigenvalue weighted by molar-refractivity contribution is 6.04. The SMILES string of the molecule is O=C(O)c1c(CN2C3CC[C@@H]2CC(O)C3)n(-c2ccccc2)c(=O)c2ccccc12. The number of hydrogen-bond donors (Lipinski definition) is 2. The van der Waals surface area contributed by atoms with Crippen molar-refractivity contribution in [2.75, 3.05) is 0 Å². The lowest BCUT2D eigenvalue weighted by molar-refractivity contribution is 0.0295. The van der Waals surface area contributed by atoms with Crippen LogP contribution in [0.3, 0.4) is 0 Å². The number of benzene rings is 2. The molecule has 0 saturated carbocycles. The van der Waals surface area contributed by atoms with Gasteiger partial charge in [-0.2, -0.15) is 0 Å². The van der Waals surface area contributed by atoms with E-state index in [2.05, 4.69) is 4.90 Å². The first-order valence-electron chi connectivity index (χ1n) is 10.4. The average Bonchev–Trinajstić information content (AvgIpc) is 2.97. The minimum atomic E-state index is -1.03. The van der Waals surface area contributed by atoms with Crippen LogP contribution in [0.4, 0.5) is 0 Å². The van der Waals surface area contributed by atoms with Crippen molar-refractivity contribution < 1.29 is 15.0 Å². The van der Waals surface area contributed by atoms with Crippen LogP contribution in [-0.2, 0) is 6.54 Å². The molecule has 2 saturated heterocycles. The topological polar surface area (TPSA) is 82.8 Å². The number of aromatic carboxylic acids is 1. The Morgan fingerprint density at radius 2 is 1.53 bits per heavy atom. The maximum Gasteiger partial charge on any atom is 0.338 e. The number of hydrogen-bond acceptors (Lipinski definition) is 4. The largest absolute Gasteiger partial charge is 0.478 e. The Morgan fingerprint density at radius 1 is 0.933 bits per heavy atom. The Kier molecular flexibility index (Phi) is 4.68. The second kappa shape index (κ2) is 7.38. The fourth-order valence-electron chi connectivity index (χ4n) is 5.31. The molecule has 2 unspecified atom stereocenters. The van der Waals surface area contributed by atoms with E-state index in [4.69, 9.17) is 0 Å². The standard InChI is InChI=1S/C24H24N2O4/c27-18-12-16-10-11-17(13-18)25(16)14-21-22(24(29)30)19-8-4-5-9-20(19)23(28)26(21)15-6-2-1-3-7-15/h1-9,16-18,27H,10-14H2,(H,29,30)/t16-,17?,18?/m1/s1. The van der Waals surface area contributed by atoms with Gasteiger partial charge in [0.05, 0.1) is 17.4 Å². The van der Waals surface area contributed by atoms with E-state index in [1.807, 2.05) is 30.3 Å². The predicted octanol–water partition coefficient (Wildman–Crippen LogP) is 3.18. The highest BCUT2D eigenvalue weighted by atomic mass is 16.4. The molecule has 3 atom stereocenters. The predicted molar refractivity (Wildman–Crippen MR) is 114 cm³/mol. The maximum atomic E-state index is 13.5. The van der Waals surface area contributed by atoms with Crippen molar-refractivity contribution in [1.29, 1.82) is 0 Å². The minimum Gasteiger partial charge on any atom is -0.478 e. The molecular weight excluding hydrogens is 380 g/mol. The first-order chi connectivity index (χ1) is 14.5. The van der Waals surface area contributed by atoms with Gasteiger partial charge in [-0.25, -0.2) is 4.79 Å². The van der Waals surface area contributed by atoms with Gasteiger partial charge in [-0.05, 0) is 43.9 Å². The molecule has 1 aromatic heterocycles. The molecule has 0 amide bonds. The summed E-state index contributed by atoms with van der Waals surface area (Å²) >= 11 is 0. The molecule has 0 radical (unpaired) electrons. The number of aromatic nitrogens is 1. The lowest BCUT2D eigenvalue weighted by atomic mass is 9.97. The third-order valence-corrected chi connectivity index (χ3v) is 6.61. The lowest BCUT2D eigenvalue weighted by Gasteiger charge is -2.37. The monoisotopic (exact) mass is 404 g/mol. The Bertz CT molecular complexity index is 1160. The molecule has 5 rings (SSSR count). The summed E-state index contributed by atoms with van der Waals surface area (Å²) < 4.78 is 1.57. The fraction of sp³-hybridized carbons (Fsp3) is 0.333. The zero-order valence-electron chi connectivity index (χ0n) is 16.6. The number of para-hydroxylation sites is 1. The van der Waals surface area contributed by atoms with Crippen LogP contribution in [0, 0.1) is 0 Å². The molecule has 2 bridgehead atoms. The van der Waals surface area contributed by atoms with Crippen molar-refractivity contribution in [3.63, 3.8) is 0 Å². The summed E-state index contributed by atoms with van der Waals surface area (Å²) in [5, 5.41) is 21.2. The van der Waals surface area contributed by atoms with Crippen LogP contribution < -0.4 is 5.56 Å². The smallest absolute Gasteiger partial charge is 0.338 e. The van der Waals surface area contributed by atoms with Gasteiger partial charge in [0.25, 0.3) is 5.56 Å². The Hall–Kier alpha value is -2.96. The molecule has 2 aliphatic heterocycles. The van der Waals surface area contributed by atoms with Gasteiger partial charge < -0.3 is 10.2 Å². The Morgan fingerprint density at radius 3 is 2.17 bits per heavy atom. The van der Waals surface area contributed by atoms with Crippen LogP contribution in [0.1, 0.15) is 41.7 Å². The van der Waals surface area contributed by atoms with Crippen LogP contribution in [-0.4, -0.2) is 43.8 Å². The number of carboxylic acids is 1. The van der Waals surface area contributed by atoms with Gasteiger partial charge in [-0.1, -0.05) is 36.4 Å². The van der Waals surface area contributed by atoms with E-state index < -0.39 is 5.97 Å².